The van der Waals surface area contributed by atoms with Crippen LogP contribution in [0.1, 0.15) is 51.9 Å². The maximum Gasteiger partial charge on any atom is 0.410 e. The van der Waals surface area contributed by atoms with Crippen molar-refractivity contribution in [2.24, 2.45) is 0 Å². The Hall–Kier alpha value is -2.30. The van der Waals surface area contributed by atoms with Gasteiger partial charge in [0.05, 0.1) is 6.04 Å². The maximum atomic E-state index is 12.6. The second-order valence-corrected chi connectivity index (χ2v) is 7.18. The Balaban J connectivity index is 1.90. The zero-order chi connectivity index (χ0) is 17.2. The molecule has 1 amide bonds. The highest BCUT2D eigenvalue weighted by Gasteiger charge is 2.33. The first-order valence-electron chi connectivity index (χ1n) is 8.54. The Kier molecular flexibility index (Phi) is 4.60. The molecule has 1 atom stereocenters. The van der Waals surface area contributed by atoms with E-state index in [1.807, 2.05) is 62.2 Å². The van der Waals surface area contributed by atoms with Crippen molar-refractivity contribution >= 4 is 6.09 Å². The van der Waals surface area contributed by atoms with Gasteiger partial charge in [0.1, 0.15) is 11.4 Å². The fourth-order valence-corrected chi connectivity index (χ4v) is 3.11. The van der Waals surface area contributed by atoms with E-state index in [0.717, 1.165) is 30.8 Å². The monoisotopic (exact) mass is 327 g/mol. The minimum atomic E-state index is -0.492. The van der Waals surface area contributed by atoms with Crippen LogP contribution >= 0.6 is 0 Å². The molecule has 2 aromatic rings. The molecule has 3 rings (SSSR count). The van der Waals surface area contributed by atoms with Gasteiger partial charge in [0.25, 0.3) is 0 Å². The van der Waals surface area contributed by atoms with Gasteiger partial charge in [-0.1, -0.05) is 18.2 Å². The van der Waals surface area contributed by atoms with Crippen LogP contribution in [0.15, 0.2) is 42.7 Å². The van der Waals surface area contributed by atoms with Crippen molar-refractivity contribution in [3.63, 3.8) is 0 Å². The largest absolute Gasteiger partial charge is 0.444 e. The predicted molar refractivity (Wildman–Crippen MR) is 93.1 cm³/mol. The highest BCUT2D eigenvalue weighted by atomic mass is 16.6. The number of para-hydroxylation sites is 1. The maximum absolute atomic E-state index is 12.6. The molecule has 0 saturated carbocycles. The number of imidazole rings is 1. The smallest absolute Gasteiger partial charge is 0.410 e. The van der Waals surface area contributed by atoms with E-state index in [2.05, 4.69) is 9.55 Å². The summed E-state index contributed by atoms with van der Waals surface area (Å²) in [6.07, 6.45) is 6.49. The molecule has 1 aliphatic heterocycles. The second-order valence-electron chi connectivity index (χ2n) is 7.18. The van der Waals surface area contributed by atoms with Crippen molar-refractivity contribution < 1.29 is 9.53 Å². The zero-order valence-corrected chi connectivity index (χ0v) is 14.6. The van der Waals surface area contributed by atoms with Crippen molar-refractivity contribution in [3.05, 3.63) is 48.5 Å². The van der Waals surface area contributed by atoms with E-state index in [-0.39, 0.29) is 12.1 Å². The van der Waals surface area contributed by atoms with Crippen LogP contribution < -0.4 is 0 Å². The van der Waals surface area contributed by atoms with Crippen molar-refractivity contribution in [2.75, 3.05) is 6.54 Å². The summed E-state index contributed by atoms with van der Waals surface area (Å²) < 4.78 is 7.66. The van der Waals surface area contributed by atoms with Crippen molar-refractivity contribution in [2.45, 2.75) is 51.7 Å². The minimum Gasteiger partial charge on any atom is -0.444 e. The molecule has 0 bridgehead atoms. The zero-order valence-electron chi connectivity index (χ0n) is 14.6. The molecule has 1 aromatic heterocycles. The Labute approximate surface area is 143 Å². The standard InChI is InChI=1S/C19H25N3O2/c1-19(2,3)24-18(23)22-13-8-7-11-16(22)17-20-12-14-21(17)15-9-5-4-6-10-15/h4-6,9-10,12,14,16H,7-8,11,13H2,1-3H3. The number of carbonyl (C=O) groups excluding carboxylic acids is 1. The van der Waals surface area contributed by atoms with Gasteiger partial charge in [-0.15, -0.1) is 0 Å². The lowest BCUT2D eigenvalue weighted by Crippen LogP contribution is -2.42. The summed E-state index contributed by atoms with van der Waals surface area (Å²) in [6.45, 7) is 6.40. The van der Waals surface area contributed by atoms with Crippen LogP contribution in [-0.2, 0) is 4.74 Å². The summed E-state index contributed by atoms with van der Waals surface area (Å²) in [5.41, 5.74) is 0.563. The topological polar surface area (TPSA) is 47.4 Å². The lowest BCUT2D eigenvalue weighted by Gasteiger charge is -2.36. The first kappa shape index (κ1) is 16.6. The summed E-state index contributed by atoms with van der Waals surface area (Å²) in [4.78, 5) is 19.0. The minimum absolute atomic E-state index is 0.0520. The van der Waals surface area contributed by atoms with Crippen molar-refractivity contribution in [1.82, 2.24) is 14.5 Å². The molecule has 1 fully saturated rings. The van der Waals surface area contributed by atoms with Gasteiger partial charge in [-0.3, -0.25) is 4.90 Å². The van der Waals surface area contributed by atoms with E-state index in [4.69, 9.17) is 4.74 Å². The number of piperidine rings is 1. The highest BCUT2D eigenvalue weighted by Crippen LogP contribution is 2.32. The average molecular weight is 327 g/mol. The van der Waals surface area contributed by atoms with Crippen LogP contribution in [0, 0.1) is 0 Å². The van der Waals surface area contributed by atoms with E-state index in [1.165, 1.54) is 0 Å². The summed E-state index contributed by atoms with van der Waals surface area (Å²) in [7, 11) is 0. The van der Waals surface area contributed by atoms with Gasteiger partial charge in [-0.05, 0) is 52.2 Å². The van der Waals surface area contributed by atoms with Crippen molar-refractivity contribution in [1.29, 1.82) is 0 Å². The molecule has 24 heavy (non-hydrogen) atoms. The number of amides is 1. The fourth-order valence-electron chi connectivity index (χ4n) is 3.11. The van der Waals surface area contributed by atoms with Gasteiger partial charge in [-0.2, -0.15) is 0 Å². The Bertz CT molecular complexity index is 688. The molecule has 128 valence electrons. The second kappa shape index (κ2) is 6.67. The SMILES string of the molecule is CC(C)(C)OC(=O)N1CCCCC1c1nccn1-c1ccccc1. The van der Waals surface area contributed by atoms with E-state index in [9.17, 15) is 4.79 Å². The van der Waals surface area contributed by atoms with Gasteiger partial charge >= 0.3 is 6.09 Å². The van der Waals surface area contributed by atoms with Gasteiger partial charge in [0.2, 0.25) is 0 Å². The van der Waals surface area contributed by atoms with Gasteiger partial charge in [0, 0.05) is 24.6 Å². The van der Waals surface area contributed by atoms with Crippen LogP contribution in [0.3, 0.4) is 0 Å². The normalized spacial score (nSPS) is 18.5. The molecule has 2 heterocycles. The van der Waals surface area contributed by atoms with E-state index < -0.39 is 5.60 Å². The van der Waals surface area contributed by atoms with Gasteiger partial charge in [0.15, 0.2) is 0 Å². The molecular weight excluding hydrogens is 302 g/mol. The van der Waals surface area contributed by atoms with Gasteiger partial charge < -0.3 is 9.30 Å². The third-order valence-electron chi connectivity index (χ3n) is 4.13. The van der Waals surface area contributed by atoms with Crippen LogP contribution in [0.4, 0.5) is 4.79 Å². The number of aromatic nitrogens is 2. The molecule has 0 aliphatic carbocycles. The lowest BCUT2D eigenvalue weighted by atomic mass is 10.0. The molecule has 0 N–H and O–H groups in total. The molecule has 1 aliphatic rings. The molecule has 5 heteroatoms. The van der Waals surface area contributed by atoms with E-state index in [1.54, 1.807) is 6.20 Å². The Morgan fingerprint density at radius 2 is 1.96 bits per heavy atom. The molecule has 1 aromatic carbocycles. The number of benzene rings is 1. The highest BCUT2D eigenvalue weighted by molar-refractivity contribution is 5.69. The summed E-state index contributed by atoms with van der Waals surface area (Å²) in [5.74, 6) is 0.895. The van der Waals surface area contributed by atoms with Crippen LogP contribution in [-0.4, -0.2) is 32.7 Å². The van der Waals surface area contributed by atoms with Gasteiger partial charge in [-0.25, -0.2) is 9.78 Å². The van der Waals surface area contributed by atoms with E-state index in [0.29, 0.717) is 6.54 Å². The third kappa shape index (κ3) is 3.61. The average Bonchev–Trinajstić information content (AvgIpc) is 3.03. The van der Waals surface area contributed by atoms with Crippen LogP contribution in [0.2, 0.25) is 0 Å². The van der Waals surface area contributed by atoms with Crippen molar-refractivity contribution in [3.8, 4) is 5.69 Å². The number of ether oxygens (including phenoxy) is 1. The predicted octanol–water partition coefficient (Wildman–Crippen LogP) is 4.33. The summed E-state index contributed by atoms with van der Waals surface area (Å²) in [5, 5.41) is 0. The molecule has 5 nitrogen and oxygen atoms in total. The Morgan fingerprint density at radius 3 is 2.67 bits per heavy atom. The number of carbonyl (C=O) groups is 1. The number of rotatable bonds is 2. The summed E-state index contributed by atoms with van der Waals surface area (Å²) >= 11 is 0. The molecule has 0 radical (unpaired) electrons. The number of nitrogens with zero attached hydrogens (tertiary/aromatic N) is 3. The molecule has 1 saturated heterocycles. The first-order valence-corrected chi connectivity index (χ1v) is 8.54. The van der Waals surface area contributed by atoms with E-state index >= 15 is 0 Å². The number of hydrogen-bond acceptors (Lipinski definition) is 3. The lowest BCUT2D eigenvalue weighted by molar-refractivity contribution is 0.00828. The Morgan fingerprint density at radius 1 is 1.21 bits per heavy atom. The molecule has 1 unspecified atom stereocenters. The quantitative estimate of drug-likeness (QED) is 0.824. The first-order chi connectivity index (χ1) is 11.5. The van der Waals surface area contributed by atoms with Crippen LogP contribution in [0.25, 0.3) is 5.69 Å². The number of likely N-dealkylation sites (tertiary alicyclic amines) is 1. The summed E-state index contributed by atoms with van der Waals surface area (Å²) in [6, 6.07) is 10.0. The van der Waals surface area contributed by atoms with Crippen LogP contribution in [0.5, 0.6) is 0 Å². The molecular formula is C19H25N3O2. The fraction of sp³-hybridized carbons (Fsp3) is 0.474. The number of hydrogen-bond donors (Lipinski definition) is 0. The molecule has 0 spiro atoms. The third-order valence-corrected chi connectivity index (χ3v) is 4.13.